The van der Waals surface area contributed by atoms with Crippen LogP contribution in [0.4, 0.5) is 0 Å². The number of hydrogen-bond acceptors (Lipinski definition) is 3. The van der Waals surface area contributed by atoms with Gasteiger partial charge in [0.25, 0.3) is 0 Å². The SMILES string of the molecule is CC(NCc1ccsc1)c1ccncc1. The molecule has 2 rings (SSSR count). The molecule has 2 aromatic heterocycles. The fraction of sp³-hybridized carbons (Fsp3) is 0.250. The Kier molecular flexibility index (Phi) is 3.48. The highest BCUT2D eigenvalue weighted by Crippen LogP contribution is 2.12. The molecular formula is C12H14N2S. The van der Waals surface area contributed by atoms with E-state index in [1.807, 2.05) is 24.5 Å². The Hall–Kier alpha value is -1.19. The van der Waals surface area contributed by atoms with Crippen molar-refractivity contribution >= 4 is 11.3 Å². The Morgan fingerprint density at radius 2 is 2.13 bits per heavy atom. The Balaban J connectivity index is 1.90. The van der Waals surface area contributed by atoms with E-state index in [9.17, 15) is 0 Å². The summed E-state index contributed by atoms with van der Waals surface area (Å²) in [5, 5.41) is 7.76. The average molecular weight is 218 g/mol. The van der Waals surface area contributed by atoms with Crippen LogP contribution >= 0.6 is 11.3 Å². The molecule has 0 aliphatic heterocycles. The summed E-state index contributed by atoms with van der Waals surface area (Å²) in [6.45, 7) is 3.09. The third kappa shape index (κ3) is 2.88. The minimum atomic E-state index is 0.368. The molecule has 0 aromatic carbocycles. The Morgan fingerprint density at radius 3 is 2.80 bits per heavy atom. The number of hydrogen-bond donors (Lipinski definition) is 1. The highest BCUT2D eigenvalue weighted by Gasteiger charge is 2.03. The lowest BCUT2D eigenvalue weighted by Crippen LogP contribution is -2.17. The molecule has 0 aliphatic rings. The lowest BCUT2D eigenvalue weighted by Gasteiger charge is -2.13. The van der Waals surface area contributed by atoms with Crippen LogP contribution in [0.3, 0.4) is 0 Å². The van der Waals surface area contributed by atoms with Crippen LogP contribution in [0.2, 0.25) is 0 Å². The topological polar surface area (TPSA) is 24.9 Å². The Morgan fingerprint density at radius 1 is 1.33 bits per heavy atom. The molecule has 1 N–H and O–H groups in total. The third-order valence-electron chi connectivity index (χ3n) is 2.40. The van der Waals surface area contributed by atoms with Gasteiger partial charge in [-0.1, -0.05) is 0 Å². The number of pyridine rings is 1. The molecule has 1 atom stereocenters. The fourth-order valence-corrected chi connectivity index (χ4v) is 2.10. The molecule has 3 heteroatoms. The van der Waals surface area contributed by atoms with Crippen molar-refractivity contribution in [2.24, 2.45) is 0 Å². The fourth-order valence-electron chi connectivity index (χ4n) is 1.43. The summed E-state index contributed by atoms with van der Waals surface area (Å²) in [6.07, 6.45) is 3.66. The minimum Gasteiger partial charge on any atom is -0.306 e. The first kappa shape index (κ1) is 10.3. The van der Waals surface area contributed by atoms with Gasteiger partial charge in [0, 0.05) is 25.0 Å². The van der Waals surface area contributed by atoms with Crippen molar-refractivity contribution in [1.29, 1.82) is 0 Å². The second-order valence-corrected chi connectivity index (χ2v) is 4.29. The Bertz CT molecular complexity index is 383. The van der Waals surface area contributed by atoms with Crippen molar-refractivity contribution in [1.82, 2.24) is 10.3 Å². The molecule has 2 aromatic rings. The van der Waals surface area contributed by atoms with Gasteiger partial charge in [-0.15, -0.1) is 0 Å². The first-order chi connectivity index (χ1) is 7.36. The van der Waals surface area contributed by atoms with Crippen LogP contribution < -0.4 is 5.32 Å². The predicted molar refractivity (Wildman–Crippen MR) is 63.8 cm³/mol. The Labute approximate surface area is 94.0 Å². The van der Waals surface area contributed by atoms with E-state index in [-0.39, 0.29) is 0 Å². The molecule has 0 bridgehead atoms. The van der Waals surface area contributed by atoms with Gasteiger partial charge in [-0.3, -0.25) is 4.98 Å². The molecular weight excluding hydrogens is 204 g/mol. The van der Waals surface area contributed by atoms with Crippen LogP contribution in [0.15, 0.2) is 41.4 Å². The van der Waals surface area contributed by atoms with Crippen LogP contribution in [0.5, 0.6) is 0 Å². The van der Waals surface area contributed by atoms with Crippen LogP contribution in [-0.4, -0.2) is 4.98 Å². The molecule has 0 amide bonds. The largest absolute Gasteiger partial charge is 0.306 e. The second kappa shape index (κ2) is 5.05. The summed E-state index contributed by atoms with van der Waals surface area (Å²) in [7, 11) is 0. The first-order valence-corrected chi connectivity index (χ1v) is 5.95. The van der Waals surface area contributed by atoms with Gasteiger partial charge in [-0.25, -0.2) is 0 Å². The number of nitrogens with one attached hydrogen (secondary N) is 1. The van der Waals surface area contributed by atoms with Gasteiger partial charge in [0.15, 0.2) is 0 Å². The van der Waals surface area contributed by atoms with E-state index in [1.54, 1.807) is 11.3 Å². The molecule has 0 radical (unpaired) electrons. The van der Waals surface area contributed by atoms with Gasteiger partial charge < -0.3 is 5.32 Å². The highest BCUT2D eigenvalue weighted by atomic mass is 32.1. The van der Waals surface area contributed by atoms with E-state index in [1.165, 1.54) is 11.1 Å². The van der Waals surface area contributed by atoms with Gasteiger partial charge in [0.2, 0.25) is 0 Å². The lowest BCUT2D eigenvalue weighted by molar-refractivity contribution is 0.575. The maximum atomic E-state index is 4.01. The quantitative estimate of drug-likeness (QED) is 0.853. The predicted octanol–water partition coefficient (Wildman–Crippen LogP) is 2.99. The van der Waals surface area contributed by atoms with Gasteiger partial charge >= 0.3 is 0 Å². The summed E-state index contributed by atoms with van der Waals surface area (Å²) < 4.78 is 0. The molecule has 0 saturated heterocycles. The summed E-state index contributed by atoms with van der Waals surface area (Å²) in [6, 6.07) is 6.61. The number of nitrogens with zero attached hydrogens (tertiary/aromatic N) is 1. The van der Waals surface area contributed by atoms with Crippen LogP contribution in [0.1, 0.15) is 24.1 Å². The molecule has 0 aliphatic carbocycles. The zero-order valence-corrected chi connectivity index (χ0v) is 9.50. The van der Waals surface area contributed by atoms with E-state index in [0.717, 1.165) is 6.54 Å². The molecule has 15 heavy (non-hydrogen) atoms. The van der Waals surface area contributed by atoms with E-state index in [2.05, 4.69) is 34.1 Å². The molecule has 78 valence electrons. The van der Waals surface area contributed by atoms with Crippen LogP contribution in [0, 0.1) is 0 Å². The van der Waals surface area contributed by atoms with Crippen molar-refractivity contribution in [3.63, 3.8) is 0 Å². The summed E-state index contributed by atoms with van der Waals surface area (Å²) in [4.78, 5) is 4.01. The molecule has 1 unspecified atom stereocenters. The van der Waals surface area contributed by atoms with Crippen molar-refractivity contribution in [2.75, 3.05) is 0 Å². The van der Waals surface area contributed by atoms with E-state index in [0.29, 0.717) is 6.04 Å². The molecule has 0 fully saturated rings. The van der Waals surface area contributed by atoms with Crippen molar-refractivity contribution < 1.29 is 0 Å². The van der Waals surface area contributed by atoms with Gasteiger partial charge in [0.1, 0.15) is 0 Å². The summed E-state index contributed by atoms with van der Waals surface area (Å²) in [5.74, 6) is 0. The zero-order valence-electron chi connectivity index (χ0n) is 8.68. The van der Waals surface area contributed by atoms with Crippen LogP contribution in [-0.2, 0) is 6.54 Å². The molecule has 0 saturated carbocycles. The smallest absolute Gasteiger partial charge is 0.0296 e. The number of rotatable bonds is 4. The summed E-state index contributed by atoms with van der Waals surface area (Å²) in [5.41, 5.74) is 2.63. The van der Waals surface area contributed by atoms with E-state index < -0.39 is 0 Å². The monoisotopic (exact) mass is 218 g/mol. The molecule has 2 nitrogen and oxygen atoms in total. The zero-order chi connectivity index (χ0) is 10.5. The second-order valence-electron chi connectivity index (χ2n) is 3.51. The molecule has 0 spiro atoms. The maximum absolute atomic E-state index is 4.01. The van der Waals surface area contributed by atoms with Gasteiger partial charge in [-0.2, -0.15) is 11.3 Å². The van der Waals surface area contributed by atoms with Crippen molar-refractivity contribution in [2.45, 2.75) is 19.5 Å². The summed E-state index contributed by atoms with van der Waals surface area (Å²) >= 11 is 1.74. The van der Waals surface area contributed by atoms with Gasteiger partial charge in [-0.05, 0) is 47.0 Å². The van der Waals surface area contributed by atoms with Crippen molar-refractivity contribution in [3.05, 3.63) is 52.5 Å². The van der Waals surface area contributed by atoms with Crippen molar-refractivity contribution in [3.8, 4) is 0 Å². The standard InChI is InChI=1S/C12H14N2S/c1-10(12-2-5-13-6-3-12)14-8-11-4-7-15-9-11/h2-7,9-10,14H,8H2,1H3. The lowest BCUT2D eigenvalue weighted by atomic mass is 10.1. The maximum Gasteiger partial charge on any atom is 0.0296 e. The normalized spacial score (nSPS) is 12.6. The number of aromatic nitrogens is 1. The minimum absolute atomic E-state index is 0.368. The van der Waals surface area contributed by atoms with Crippen LogP contribution in [0.25, 0.3) is 0 Å². The average Bonchev–Trinajstić information content (AvgIpc) is 2.80. The van der Waals surface area contributed by atoms with Gasteiger partial charge in [0.05, 0.1) is 0 Å². The van der Waals surface area contributed by atoms with E-state index >= 15 is 0 Å². The highest BCUT2D eigenvalue weighted by molar-refractivity contribution is 7.07. The van der Waals surface area contributed by atoms with E-state index in [4.69, 9.17) is 0 Å². The molecule has 2 heterocycles. The third-order valence-corrected chi connectivity index (χ3v) is 3.13. The number of thiophene rings is 1. The first-order valence-electron chi connectivity index (χ1n) is 5.00.